The number of benzene rings is 2. The van der Waals surface area contributed by atoms with Crippen molar-refractivity contribution in [2.75, 3.05) is 5.32 Å². The zero-order valence-corrected chi connectivity index (χ0v) is 13.8. The van der Waals surface area contributed by atoms with Gasteiger partial charge in [0.1, 0.15) is 0 Å². The van der Waals surface area contributed by atoms with Crippen LogP contribution in [0.5, 0.6) is 0 Å². The third-order valence-corrected chi connectivity index (χ3v) is 4.76. The van der Waals surface area contributed by atoms with Gasteiger partial charge in [-0.1, -0.05) is 0 Å². The topological polar surface area (TPSA) is 36.8 Å². The number of nitrogens with one attached hydrogen (secondary N) is 1. The third kappa shape index (κ3) is 2.84. The molecule has 1 aliphatic heterocycles. The molecule has 1 aliphatic rings. The Morgan fingerprint density at radius 2 is 2.11 bits per heavy atom. The van der Waals surface area contributed by atoms with Crippen molar-refractivity contribution in [2.45, 2.75) is 6.54 Å². The molecule has 6 heteroatoms. The van der Waals surface area contributed by atoms with Gasteiger partial charge in [0.05, 0.1) is 0 Å². The second-order valence-electron chi connectivity index (χ2n) is 4.03. The van der Waals surface area contributed by atoms with E-state index in [4.69, 9.17) is 11.6 Å². The summed E-state index contributed by atoms with van der Waals surface area (Å²) in [5.41, 5.74) is 4.00. The number of fused-ring (bicyclic) bond motifs is 1. The van der Waals surface area contributed by atoms with Crippen molar-refractivity contribution in [1.82, 2.24) is 0 Å². The van der Waals surface area contributed by atoms with E-state index in [1.165, 1.54) is 0 Å². The van der Waals surface area contributed by atoms with E-state index in [1.54, 1.807) is 0 Å². The average molecular weight is 402 g/mol. The molecule has 0 aromatic heterocycles. The zero-order chi connectivity index (χ0) is 13.2. The molecule has 0 radical (unpaired) electrons. The van der Waals surface area contributed by atoms with Crippen LogP contribution in [-0.4, -0.2) is 14.6 Å². The molecule has 0 saturated heterocycles. The van der Waals surface area contributed by atoms with E-state index in [9.17, 15) is 0 Å². The Bertz CT molecular complexity index is 711. The minimum absolute atomic E-state index is 0.00641. The van der Waals surface area contributed by atoms with Crippen LogP contribution in [0.25, 0.3) is 0 Å². The predicted molar refractivity (Wildman–Crippen MR) is 82.9 cm³/mol. The fraction of sp³-hybridized carbons (Fsp3) is 0.0769. The summed E-state index contributed by atoms with van der Waals surface area (Å²) >= 11 is 9.63. The molecule has 0 amide bonds. The van der Waals surface area contributed by atoms with Crippen molar-refractivity contribution in [3.63, 3.8) is 0 Å². The molecule has 0 aliphatic carbocycles. The van der Waals surface area contributed by atoms with Gasteiger partial charge in [0.15, 0.2) is 0 Å². The van der Waals surface area contributed by atoms with E-state index >= 15 is 0 Å². The van der Waals surface area contributed by atoms with Gasteiger partial charge in [0.2, 0.25) is 0 Å². The van der Waals surface area contributed by atoms with Gasteiger partial charge in [-0.3, -0.25) is 0 Å². The van der Waals surface area contributed by atoms with Gasteiger partial charge in [-0.25, -0.2) is 0 Å². The summed E-state index contributed by atoms with van der Waals surface area (Å²) in [6.07, 6.45) is 0. The first-order valence-corrected chi connectivity index (χ1v) is 8.33. The van der Waals surface area contributed by atoms with Crippen molar-refractivity contribution < 1.29 is 0 Å². The van der Waals surface area contributed by atoms with Crippen LogP contribution in [0, 0.1) is 0 Å². The molecule has 1 heterocycles. The first-order chi connectivity index (χ1) is 9.24. The normalized spacial score (nSPS) is 12.1. The van der Waals surface area contributed by atoms with E-state index < -0.39 is 0 Å². The fourth-order valence-electron chi connectivity index (χ4n) is 1.82. The van der Waals surface area contributed by atoms with E-state index in [0.717, 1.165) is 32.1 Å². The molecule has 1 N–H and O–H groups in total. The molecular formula is C13H9BrClN3Se. The second-order valence-corrected chi connectivity index (χ2v) is 6.46. The van der Waals surface area contributed by atoms with Gasteiger partial charge in [-0.2, -0.15) is 0 Å². The summed E-state index contributed by atoms with van der Waals surface area (Å²) in [7, 11) is 0. The molecule has 0 unspecified atom stereocenters. The van der Waals surface area contributed by atoms with E-state index in [-0.39, 0.29) is 14.6 Å². The van der Waals surface area contributed by atoms with Crippen LogP contribution in [0.4, 0.5) is 17.1 Å². The Kier molecular flexibility index (Phi) is 3.89. The molecule has 0 spiro atoms. The Hall–Kier alpha value is -0.871. The van der Waals surface area contributed by atoms with Crippen molar-refractivity contribution in [2.24, 2.45) is 7.92 Å². The quantitative estimate of drug-likeness (QED) is 0.612. The molecule has 19 heavy (non-hydrogen) atoms. The summed E-state index contributed by atoms with van der Waals surface area (Å²) in [5, 5.41) is 4.14. The Labute approximate surface area is 130 Å². The van der Waals surface area contributed by atoms with Crippen LogP contribution in [0.15, 0.2) is 48.8 Å². The predicted octanol–water partition coefficient (Wildman–Crippen LogP) is 5.06. The molecule has 0 fully saturated rings. The van der Waals surface area contributed by atoms with Crippen molar-refractivity contribution in [3.05, 3.63) is 51.5 Å². The molecular weight excluding hydrogens is 392 g/mol. The summed E-state index contributed by atoms with van der Waals surface area (Å²) in [4.78, 5) is 0. The van der Waals surface area contributed by atoms with Crippen LogP contribution < -0.4 is 5.32 Å². The molecule has 0 atom stereocenters. The Morgan fingerprint density at radius 3 is 3.00 bits per heavy atom. The molecule has 3 rings (SSSR count). The standard InChI is InChI=1S/C13H9BrClN3Se/c14-9-4-5-10(15)8(6-9)7-16-11-2-1-3-12-13(11)18-19-17-12/h1-6,16H,7H2. The van der Waals surface area contributed by atoms with Crippen molar-refractivity contribution in [1.29, 1.82) is 0 Å². The van der Waals surface area contributed by atoms with Crippen LogP contribution in [-0.2, 0) is 6.54 Å². The third-order valence-electron chi connectivity index (χ3n) is 2.76. The van der Waals surface area contributed by atoms with Gasteiger partial charge in [-0.05, 0) is 0 Å². The second kappa shape index (κ2) is 5.63. The maximum absolute atomic E-state index is 6.18. The van der Waals surface area contributed by atoms with Gasteiger partial charge < -0.3 is 0 Å². The Morgan fingerprint density at radius 1 is 1.21 bits per heavy atom. The van der Waals surface area contributed by atoms with Gasteiger partial charge in [0, 0.05) is 0 Å². The molecule has 3 nitrogen and oxygen atoms in total. The number of hydrogen-bond donors (Lipinski definition) is 1. The zero-order valence-electron chi connectivity index (χ0n) is 9.73. The SMILES string of the molecule is Clc1ccc(Br)cc1CNc1cccc2c1N=[Se]=N2. The van der Waals surface area contributed by atoms with Crippen molar-refractivity contribution in [3.8, 4) is 0 Å². The maximum atomic E-state index is 6.18. The first kappa shape index (κ1) is 13.1. The molecule has 2 aromatic rings. The number of rotatable bonds is 3. The van der Waals surface area contributed by atoms with E-state index in [0.29, 0.717) is 6.54 Å². The first-order valence-electron chi connectivity index (χ1n) is 5.63. The molecule has 0 bridgehead atoms. The van der Waals surface area contributed by atoms with Crippen LogP contribution in [0.3, 0.4) is 0 Å². The van der Waals surface area contributed by atoms with Gasteiger partial charge >= 0.3 is 130 Å². The van der Waals surface area contributed by atoms with Gasteiger partial charge in [-0.15, -0.1) is 0 Å². The summed E-state index contributed by atoms with van der Waals surface area (Å²) < 4.78 is 9.83. The van der Waals surface area contributed by atoms with Crippen LogP contribution in [0.1, 0.15) is 5.56 Å². The summed E-state index contributed by atoms with van der Waals surface area (Å²) in [6.45, 7) is 0.664. The van der Waals surface area contributed by atoms with Gasteiger partial charge in [0.25, 0.3) is 0 Å². The monoisotopic (exact) mass is 401 g/mol. The fourth-order valence-corrected chi connectivity index (χ4v) is 3.56. The summed E-state index contributed by atoms with van der Waals surface area (Å²) in [6, 6.07) is 11.8. The van der Waals surface area contributed by atoms with E-state index in [2.05, 4.69) is 29.2 Å². The molecule has 2 aromatic carbocycles. The van der Waals surface area contributed by atoms with Crippen molar-refractivity contribution >= 4 is 59.2 Å². The number of anilines is 1. The number of hydrogen-bond acceptors (Lipinski definition) is 3. The molecule has 96 valence electrons. The van der Waals surface area contributed by atoms with E-state index in [1.807, 2.05) is 36.4 Å². The summed E-state index contributed by atoms with van der Waals surface area (Å²) in [5.74, 6) is 0. The minimum atomic E-state index is -0.00641. The number of halogens is 2. The average Bonchev–Trinajstić information content (AvgIpc) is 2.88. The van der Waals surface area contributed by atoms with Crippen LogP contribution in [0.2, 0.25) is 5.02 Å². The Balaban J connectivity index is 1.82. The van der Waals surface area contributed by atoms with Crippen LogP contribution >= 0.6 is 27.5 Å². The molecule has 0 saturated carbocycles. The number of nitrogens with zero attached hydrogens (tertiary/aromatic N) is 2.